The Kier molecular flexibility index (Phi) is 12.1. The Labute approximate surface area is 266 Å². The predicted octanol–water partition coefficient (Wildman–Crippen LogP) is 5.52. The fraction of sp³-hybridized carbons (Fsp3) is 0.618. The minimum Gasteiger partial charge on any atom is -0.610 e. The molecule has 3 amide bonds. The molecular weight excluding hydrogens is 576 g/mol. The Hall–Kier alpha value is -2.82. The number of rotatable bonds is 15. The molecule has 1 aromatic heterocycles. The molecule has 1 aliphatic heterocycles. The molecule has 2 N–H and O–H groups in total. The monoisotopic (exact) mass is 628 g/mol. The van der Waals surface area contributed by atoms with Gasteiger partial charge in [0.25, 0.3) is 11.8 Å². The van der Waals surface area contributed by atoms with Crippen molar-refractivity contribution in [2.45, 2.75) is 103 Å². The average molecular weight is 629 g/mol. The molecule has 10 heteroatoms. The van der Waals surface area contributed by atoms with E-state index in [0.29, 0.717) is 32.5 Å². The van der Waals surface area contributed by atoms with Crippen molar-refractivity contribution in [2.24, 2.45) is 5.41 Å². The number of carbonyl (C=O) groups excluding carboxylic acids is 3. The Morgan fingerprint density at radius 2 is 1.57 bits per heavy atom. The molecule has 0 spiro atoms. The van der Waals surface area contributed by atoms with Gasteiger partial charge in [0.15, 0.2) is 0 Å². The predicted molar refractivity (Wildman–Crippen MR) is 177 cm³/mol. The maximum Gasteiger partial charge on any atom is 0.253 e. The summed E-state index contributed by atoms with van der Waals surface area (Å²) in [6.07, 6.45) is 7.78. The van der Waals surface area contributed by atoms with Gasteiger partial charge in [0.1, 0.15) is 10.5 Å². The van der Waals surface area contributed by atoms with Gasteiger partial charge in [0, 0.05) is 72.9 Å². The standard InChI is InChI=1S/C34H52N4O5S/c1-33(2,3)22-25-24-15-16-27(39)26(31(24)35-32(25)44(43)34(4,5)6)23-36(7)19-12-13-20-37(8)28(40)14-10-9-11-21-38-29(41)17-18-30(38)42/h15-18,35,39H,9-14,19-23H2,1-8H3/t44-/m0/s1. The van der Waals surface area contributed by atoms with Crippen LogP contribution in [-0.4, -0.2) is 85.5 Å². The molecule has 2 heterocycles. The van der Waals surface area contributed by atoms with Crippen molar-refractivity contribution in [2.75, 3.05) is 33.7 Å². The van der Waals surface area contributed by atoms with Crippen LogP contribution in [0.5, 0.6) is 5.75 Å². The SMILES string of the molecule is CN(CCCCN(C)C(=O)CCCCCN1C(=O)C=CC1=O)Cc1c(O)ccc2c(CC(C)(C)C)c([S@+]([O-])C(C)(C)C)[nH]c12. The number of carbonyl (C=O) groups is 3. The normalized spacial score (nSPS) is 14.8. The number of benzene rings is 1. The number of phenols is 1. The van der Waals surface area contributed by atoms with Gasteiger partial charge in [-0.1, -0.05) is 27.2 Å². The number of nitrogens with one attached hydrogen (secondary N) is 1. The number of amides is 3. The lowest BCUT2D eigenvalue weighted by atomic mass is 9.88. The zero-order chi connectivity index (χ0) is 32.8. The van der Waals surface area contributed by atoms with Crippen molar-refractivity contribution < 1.29 is 24.0 Å². The molecule has 0 aliphatic carbocycles. The molecule has 44 heavy (non-hydrogen) atoms. The van der Waals surface area contributed by atoms with Gasteiger partial charge in [0.05, 0.1) is 5.52 Å². The van der Waals surface area contributed by atoms with Crippen LogP contribution in [0.3, 0.4) is 0 Å². The van der Waals surface area contributed by atoms with E-state index >= 15 is 0 Å². The fourth-order valence-electron chi connectivity index (χ4n) is 5.44. The molecule has 2 aromatic rings. The molecule has 0 radical (unpaired) electrons. The van der Waals surface area contributed by atoms with Gasteiger partial charge in [-0.3, -0.25) is 19.3 Å². The van der Waals surface area contributed by atoms with E-state index in [-0.39, 0.29) is 28.9 Å². The van der Waals surface area contributed by atoms with E-state index in [1.54, 1.807) is 11.0 Å². The van der Waals surface area contributed by atoms with Gasteiger partial charge in [-0.25, -0.2) is 0 Å². The molecule has 0 fully saturated rings. The first-order valence-electron chi connectivity index (χ1n) is 15.7. The molecule has 1 aromatic carbocycles. The minimum atomic E-state index is -1.24. The number of phenolic OH excluding ortho intramolecular Hbond substituents is 1. The van der Waals surface area contributed by atoms with Crippen LogP contribution >= 0.6 is 0 Å². The first-order valence-corrected chi connectivity index (χ1v) is 16.9. The van der Waals surface area contributed by atoms with E-state index in [9.17, 15) is 24.0 Å². The highest BCUT2D eigenvalue weighted by Crippen LogP contribution is 2.39. The Bertz CT molecular complexity index is 1340. The molecule has 0 saturated heterocycles. The summed E-state index contributed by atoms with van der Waals surface area (Å²) in [6, 6.07) is 3.69. The maximum atomic E-state index is 13.5. The van der Waals surface area contributed by atoms with Crippen molar-refractivity contribution >= 4 is 39.8 Å². The first-order chi connectivity index (χ1) is 20.5. The van der Waals surface area contributed by atoms with E-state index in [2.05, 4.69) is 30.7 Å². The molecule has 3 rings (SSSR count). The van der Waals surface area contributed by atoms with Crippen molar-refractivity contribution in [3.05, 3.63) is 35.4 Å². The van der Waals surface area contributed by atoms with Gasteiger partial charge < -0.3 is 24.4 Å². The highest BCUT2D eigenvalue weighted by molar-refractivity contribution is 7.92. The number of imide groups is 1. The lowest BCUT2D eigenvalue weighted by molar-refractivity contribution is -0.137. The Balaban J connectivity index is 1.51. The highest BCUT2D eigenvalue weighted by Gasteiger charge is 2.35. The van der Waals surface area contributed by atoms with Crippen molar-refractivity contribution in [1.29, 1.82) is 0 Å². The zero-order valence-corrected chi connectivity index (χ0v) is 28.7. The molecule has 0 bridgehead atoms. The van der Waals surface area contributed by atoms with Crippen LogP contribution in [0.25, 0.3) is 10.9 Å². The minimum absolute atomic E-state index is 0.00384. The lowest BCUT2D eigenvalue weighted by Crippen LogP contribution is -2.31. The second-order valence-electron chi connectivity index (χ2n) is 14.3. The van der Waals surface area contributed by atoms with Crippen molar-refractivity contribution in [3.63, 3.8) is 0 Å². The zero-order valence-electron chi connectivity index (χ0n) is 27.9. The van der Waals surface area contributed by atoms with E-state index in [4.69, 9.17) is 0 Å². The van der Waals surface area contributed by atoms with E-state index in [1.807, 2.05) is 40.9 Å². The van der Waals surface area contributed by atoms with Gasteiger partial charge >= 0.3 is 0 Å². The van der Waals surface area contributed by atoms with Crippen LogP contribution in [0.1, 0.15) is 91.2 Å². The molecule has 9 nitrogen and oxygen atoms in total. The average Bonchev–Trinajstić information content (AvgIpc) is 3.44. The summed E-state index contributed by atoms with van der Waals surface area (Å²) in [5.74, 6) is -0.196. The quantitative estimate of drug-likeness (QED) is 0.152. The largest absolute Gasteiger partial charge is 0.610 e. The molecule has 244 valence electrons. The van der Waals surface area contributed by atoms with Crippen molar-refractivity contribution in [3.8, 4) is 5.75 Å². The molecule has 0 unspecified atom stereocenters. The topological polar surface area (TPSA) is 120 Å². The number of aromatic hydroxyl groups is 1. The number of H-pyrrole nitrogens is 1. The third-order valence-electron chi connectivity index (χ3n) is 7.88. The number of hydrogen-bond acceptors (Lipinski definition) is 6. The summed E-state index contributed by atoms with van der Waals surface area (Å²) in [7, 11) is 3.86. The second-order valence-corrected chi connectivity index (χ2v) is 16.4. The summed E-state index contributed by atoms with van der Waals surface area (Å²) in [5, 5.41) is 12.6. The molecule has 1 aliphatic rings. The second kappa shape index (κ2) is 15.0. The number of aromatic amines is 1. The number of aromatic nitrogens is 1. The van der Waals surface area contributed by atoms with Gasteiger partial charge in [0.2, 0.25) is 10.9 Å². The van der Waals surface area contributed by atoms with Crippen LogP contribution in [0.4, 0.5) is 0 Å². The van der Waals surface area contributed by atoms with Crippen LogP contribution in [0.2, 0.25) is 0 Å². The Morgan fingerprint density at radius 3 is 2.18 bits per heavy atom. The first kappa shape index (κ1) is 35.7. The van der Waals surface area contributed by atoms with Gasteiger partial charge in [-0.05, 0) is 84.0 Å². The number of unbranched alkanes of at least 4 members (excludes halogenated alkanes) is 3. The molecular formula is C34H52N4O5S. The van der Waals surface area contributed by atoms with Crippen LogP contribution in [0.15, 0.2) is 29.3 Å². The summed E-state index contributed by atoms with van der Waals surface area (Å²) in [5.41, 5.74) is 2.72. The highest BCUT2D eigenvalue weighted by atomic mass is 32.2. The number of hydrogen-bond donors (Lipinski definition) is 2. The van der Waals surface area contributed by atoms with E-state index in [1.165, 1.54) is 17.1 Å². The fourth-order valence-corrected chi connectivity index (χ4v) is 6.66. The number of nitrogens with zero attached hydrogens (tertiary/aromatic N) is 3. The number of fused-ring (bicyclic) bond motifs is 1. The van der Waals surface area contributed by atoms with Crippen LogP contribution in [-0.2, 0) is 38.5 Å². The van der Waals surface area contributed by atoms with E-state index in [0.717, 1.165) is 65.7 Å². The summed E-state index contributed by atoms with van der Waals surface area (Å²) in [4.78, 5) is 44.4. The smallest absolute Gasteiger partial charge is 0.253 e. The summed E-state index contributed by atoms with van der Waals surface area (Å²) in [6.45, 7) is 14.9. The summed E-state index contributed by atoms with van der Waals surface area (Å²) < 4.78 is 13.1. The summed E-state index contributed by atoms with van der Waals surface area (Å²) >= 11 is -1.24. The van der Waals surface area contributed by atoms with Gasteiger partial charge in [-0.2, -0.15) is 0 Å². The van der Waals surface area contributed by atoms with Gasteiger partial charge in [-0.15, -0.1) is 0 Å². The van der Waals surface area contributed by atoms with Crippen LogP contribution in [0, 0.1) is 5.41 Å². The van der Waals surface area contributed by atoms with Crippen LogP contribution < -0.4 is 0 Å². The van der Waals surface area contributed by atoms with Crippen molar-refractivity contribution in [1.82, 2.24) is 19.7 Å². The third kappa shape index (κ3) is 9.59. The molecule has 1 atom stereocenters. The molecule has 0 saturated carbocycles. The maximum absolute atomic E-state index is 13.5. The Morgan fingerprint density at radius 1 is 0.932 bits per heavy atom. The third-order valence-corrected chi connectivity index (χ3v) is 9.72. The van der Waals surface area contributed by atoms with E-state index < -0.39 is 15.9 Å². The lowest BCUT2D eigenvalue weighted by Gasteiger charge is -2.25.